The van der Waals surface area contributed by atoms with Gasteiger partial charge in [0.25, 0.3) is 0 Å². The van der Waals surface area contributed by atoms with Crippen molar-refractivity contribution < 1.29 is 14.6 Å². The molecule has 1 heterocycles. The summed E-state index contributed by atoms with van der Waals surface area (Å²) in [4.78, 5) is 18.4. The standard InChI is InChI=1S/C16H29N3O3/c1-2-17-16(19-11-9-13(20)12-19)18-10-5-8-15(21)22-14-6-3-4-7-14/h13-14,20H,2-12H2,1H3,(H,17,18)/t13-/m1/s1. The summed E-state index contributed by atoms with van der Waals surface area (Å²) in [7, 11) is 0. The molecule has 0 aromatic heterocycles. The lowest BCUT2D eigenvalue weighted by atomic mass is 10.3. The average molecular weight is 311 g/mol. The van der Waals surface area contributed by atoms with Crippen molar-refractivity contribution in [1.29, 1.82) is 0 Å². The van der Waals surface area contributed by atoms with Gasteiger partial charge in [0.15, 0.2) is 5.96 Å². The molecule has 2 rings (SSSR count). The van der Waals surface area contributed by atoms with Crippen molar-refractivity contribution in [2.45, 2.75) is 64.1 Å². The Hall–Kier alpha value is -1.30. The number of aliphatic hydroxyl groups excluding tert-OH is 1. The number of aliphatic hydroxyl groups is 1. The molecule has 126 valence electrons. The van der Waals surface area contributed by atoms with Gasteiger partial charge >= 0.3 is 5.97 Å². The largest absolute Gasteiger partial charge is 0.462 e. The number of nitrogens with zero attached hydrogens (tertiary/aromatic N) is 2. The second kappa shape index (κ2) is 8.98. The molecule has 6 nitrogen and oxygen atoms in total. The Balaban J connectivity index is 1.68. The minimum atomic E-state index is -0.259. The predicted molar refractivity (Wildman–Crippen MR) is 85.8 cm³/mol. The molecule has 0 bridgehead atoms. The van der Waals surface area contributed by atoms with Gasteiger partial charge < -0.3 is 20.1 Å². The van der Waals surface area contributed by atoms with Crippen LogP contribution in [0.3, 0.4) is 0 Å². The van der Waals surface area contributed by atoms with Gasteiger partial charge in [-0.05, 0) is 45.4 Å². The van der Waals surface area contributed by atoms with E-state index in [-0.39, 0.29) is 18.2 Å². The van der Waals surface area contributed by atoms with Crippen molar-refractivity contribution >= 4 is 11.9 Å². The van der Waals surface area contributed by atoms with Gasteiger partial charge in [0.1, 0.15) is 6.10 Å². The number of carbonyl (C=O) groups is 1. The zero-order valence-corrected chi connectivity index (χ0v) is 13.6. The van der Waals surface area contributed by atoms with Crippen LogP contribution in [0.15, 0.2) is 4.99 Å². The molecule has 1 saturated heterocycles. The number of aliphatic imine (C=N–C) groups is 1. The summed E-state index contributed by atoms with van der Waals surface area (Å²) in [5.74, 6) is 0.743. The van der Waals surface area contributed by atoms with Crippen molar-refractivity contribution in [3.63, 3.8) is 0 Å². The molecule has 0 aromatic carbocycles. The number of hydrogen-bond donors (Lipinski definition) is 2. The van der Waals surface area contributed by atoms with Gasteiger partial charge in [0.05, 0.1) is 6.10 Å². The lowest BCUT2D eigenvalue weighted by Gasteiger charge is -2.20. The Morgan fingerprint density at radius 2 is 2.14 bits per heavy atom. The van der Waals surface area contributed by atoms with Crippen LogP contribution in [0.2, 0.25) is 0 Å². The topological polar surface area (TPSA) is 74.2 Å². The first-order valence-electron chi connectivity index (χ1n) is 8.60. The molecule has 22 heavy (non-hydrogen) atoms. The van der Waals surface area contributed by atoms with Crippen LogP contribution in [0.5, 0.6) is 0 Å². The monoisotopic (exact) mass is 311 g/mol. The average Bonchev–Trinajstić information content (AvgIpc) is 3.14. The van der Waals surface area contributed by atoms with E-state index in [2.05, 4.69) is 15.2 Å². The van der Waals surface area contributed by atoms with Gasteiger partial charge in [-0.15, -0.1) is 0 Å². The normalized spacial score (nSPS) is 23.1. The maximum atomic E-state index is 11.7. The third-order valence-corrected chi connectivity index (χ3v) is 4.20. The number of carbonyl (C=O) groups excluding carboxylic acids is 1. The summed E-state index contributed by atoms with van der Waals surface area (Å²) in [6.45, 7) is 4.90. The van der Waals surface area contributed by atoms with Gasteiger partial charge in [0.2, 0.25) is 0 Å². The molecule has 2 fully saturated rings. The third kappa shape index (κ3) is 5.48. The van der Waals surface area contributed by atoms with Crippen molar-refractivity contribution in [3.8, 4) is 0 Å². The zero-order valence-electron chi connectivity index (χ0n) is 13.6. The first-order chi connectivity index (χ1) is 10.7. The lowest BCUT2D eigenvalue weighted by molar-refractivity contribution is -0.148. The molecule has 0 amide bonds. The first kappa shape index (κ1) is 17.1. The van der Waals surface area contributed by atoms with E-state index >= 15 is 0 Å². The first-order valence-corrected chi connectivity index (χ1v) is 8.60. The van der Waals surface area contributed by atoms with Gasteiger partial charge in [-0.1, -0.05) is 0 Å². The highest BCUT2D eigenvalue weighted by Crippen LogP contribution is 2.21. The Morgan fingerprint density at radius 3 is 2.77 bits per heavy atom. The second-order valence-electron chi connectivity index (χ2n) is 6.12. The van der Waals surface area contributed by atoms with Crippen molar-refractivity contribution in [3.05, 3.63) is 0 Å². The van der Waals surface area contributed by atoms with Crippen LogP contribution in [0.4, 0.5) is 0 Å². The number of likely N-dealkylation sites (tertiary alicyclic amines) is 1. The van der Waals surface area contributed by atoms with E-state index in [9.17, 15) is 9.90 Å². The summed E-state index contributed by atoms with van der Waals surface area (Å²) in [6.07, 6.45) is 6.21. The van der Waals surface area contributed by atoms with Gasteiger partial charge in [-0.2, -0.15) is 0 Å². The number of ether oxygens (including phenoxy) is 1. The summed E-state index contributed by atoms with van der Waals surface area (Å²) in [6, 6.07) is 0. The maximum absolute atomic E-state index is 11.7. The fourth-order valence-corrected chi connectivity index (χ4v) is 3.02. The quantitative estimate of drug-likeness (QED) is 0.335. The number of esters is 1. The second-order valence-corrected chi connectivity index (χ2v) is 6.12. The molecule has 1 aliphatic carbocycles. The minimum Gasteiger partial charge on any atom is -0.462 e. The summed E-state index contributed by atoms with van der Waals surface area (Å²) in [5, 5.41) is 12.9. The van der Waals surface area contributed by atoms with Crippen LogP contribution in [0.25, 0.3) is 0 Å². The molecule has 2 N–H and O–H groups in total. The number of guanidine groups is 1. The van der Waals surface area contributed by atoms with Crippen LogP contribution in [0, 0.1) is 0 Å². The van der Waals surface area contributed by atoms with Crippen molar-refractivity contribution in [1.82, 2.24) is 10.2 Å². The van der Waals surface area contributed by atoms with E-state index in [0.717, 1.165) is 38.3 Å². The summed E-state index contributed by atoms with van der Waals surface area (Å²) in [5.41, 5.74) is 0. The highest BCUT2D eigenvalue weighted by Gasteiger charge is 2.23. The molecule has 0 unspecified atom stereocenters. The molecule has 1 aliphatic heterocycles. The van der Waals surface area contributed by atoms with Crippen LogP contribution >= 0.6 is 0 Å². The molecule has 1 saturated carbocycles. The lowest BCUT2D eigenvalue weighted by Crippen LogP contribution is -2.40. The minimum absolute atomic E-state index is 0.0938. The van der Waals surface area contributed by atoms with E-state index in [1.54, 1.807) is 0 Å². The van der Waals surface area contributed by atoms with E-state index in [1.807, 2.05) is 6.92 Å². The zero-order chi connectivity index (χ0) is 15.8. The Bertz CT molecular complexity index is 381. The van der Waals surface area contributed by atoms with Crippen LogP contribution in [-0.4, -0.2) is 60.3 Å². The highest BCUT2D eigenvalue weighted by molar-refractivity contribution is 5.80. The number of nitrogens with one attached hydrogen (secondary N) is 1. The van der Waals surface area contributed by atoms with Crippen LogP contribution in [-0.2, 0) is 9.53 Å². The fraction of sp³-hybridized carbons (Fsp3) is 0.875. The Kier molecular flexibility index (Phi) is 6.96. The Labute approximate surface area is 132 Å². The number of hydrogen-bond acceptors (Lipinski definition) is 4. The third-order valence-electron chi connectivity index (χ3n) is 4.20. The van der Waals surface area contributed by atoms with E-state index < -0.39 is 0 Å². The maximum Gasteiger partial charge on any atom is 0.306 e. The van der Waals surface area contributed by atoms with E-state index in [0.29, 0.717) is 25.9 Å². The molecule has 0 spiro atoms. The van der Waals surface area contributed by atoms with Gasteiger partial charge in [-0.3, -0.25) is 9.79 Å². The summed E-state index contributed by atoms with van der Waals surface area (Å²) >= 11 is 0. The SMILES string of the molecule is CCNC(=NCCCC(=O)OC1CCCC1)N1CC[C@@H](O)C1. The molecule has 1 atom stereocenters. The van der Waals surface area contributed by atoms with Crippen molar-refractivity contribution in [2.24, 2.45) is 4.99 Å². The molecule has 2 aliphatic rings. The van der Waals surface area contributed by atoms with E-state index in [4.69, 9.17) is 4.74 Å². The van der Waals surface area contributed by atoms with Gasteiger partial charge in [0, 0.05) is 32.6 Å². The predicted octanol–water partition coefficient (Wildman–Crippen LogP) is 1.28. The smallest absolute Gasteiger partial charge is 0.306 e. The molecule has 6 heteroatoms. The van der Waals surface area contributed by atoms with Crippen LogP contribution in [0.1, 0.15) is 51.9 Å². The van der Waals surface area contributed by atoms with Gasteiger partial charge in [-0.25, -0.2) is 0 Å². The Morgan fingerprint density at radius 1 is 1.36 bits per heavy atom. The number of rotatable bonds is 6. The molecular weight excluding hydrogens is 282 g/mol. The van der Waals surface area contributed by atoms with Crippen LogP contribution < -0.4 is 5.32 Å². The van der Waals surface area contributed by atoms with Crippen molar-refractivity contribution in [2.75, 3.05) is 26.2 Å². The highest BCUT2D eigenvalue weighted by atomic mass is 16.5. The molecular formula is C16H29N3O3. The molecule has 0 aromatic rings. The summed E-state index contributed by atoms with van der Waals surface area (Å²) < 4.78 is 5.43. The van der Waals surface area contributed by atoms with E-state index in [1.165, 1.54) is 12.8 Å². The fourth-order valence-electron chi connectivity index (χ4n) is 3.02. The molecule has 0 radical (unpaired) electrons. The number of β-amino-alcohol motifs (C(OH)–C–C–N with tert-alkyl or cyclic N) is 1.